The third-order valence-electron chi connectivity index (χ3n) is 3.26. The van der Waals surface area contributed by atoms with Crippen LogP contribution in [0.15, 0.2) is 22.7 Å². The maximum Gasteiger partial charge on any atom is 0.257 e. The van der Waals surface area contributed by atoms with Crippen molar-refractivity contribution in [2.75, 3.05) is 11.9 Å². The number of piperidine rings is 1. The highest BCUT2D eigenvalue weighted by Gasteiger charge is 2.27. The minimum atomic E-state index is -0.0795. The normalized spacial score (nSPS) is 19.9. The average molecular weight is 377 g/mol. The second-order valence-corrected chi connectivity index (χ2v) is 6.03. The summed E-state index contributed by atoms with van der Waals surface area (Å²) >= 11 is 6.73. The number of halogens is 2. The summed E-state index contributed by atoms with van der Waals surface area (Å²) in [5, 5.41) is 10.6. The van der Waals surface area contributed by atoms with Crippen LogP contribution in [-0.4, -0.2) is 33.8 Å². The highest BCUT2D eigenvalue weighted by atomic mass is 79.9. The third kappa shape index (κ3) is 2.88. The summed E-state index contributed by atoms with van der Waals surface area (Å²) in [4.78, 5) is 14.3. The van der Waals surface area contributed by atoms with Crippen molar-refractivity contribution in [2.24, 2.45) is 0 Å². The molecule has 1 saturated heterocycles. The molecule has 0 saturated carbocycles. The predicted molar refractivity (Wildman–Crippen MR) is 78.3 cm³/mol. The van der Waals surface area contributed by atoms with Gasteiger partial charge in [0.2, 0.25) is 0 Å². The maximum absolute atomic E-state index is 12.4. The number of phenolic OH excluding ortho intramolecular Hbond substituents is 1. The molecule has 3 nitrogen and oxygen atoms in total. The minimum Gasteiger partial charge on any atom is -0.507 e. The van der Waals surface area contributed by atoms with Gasteiger partial charge in [-0.1, -0.05) is 31.9 Å². The van der Waals surface area contributed by atoms with Gasteiger partial charge in [-0.2, -0.15) is 0 Å². The fourth-order valence-corrected chi connectivity index (χ4v) is 3.29. The molecule has 1 amide bonds. The molecule has 1 atom stereocenters. The fraction of sp³-hybridized carbons (Fsp3) is 0.462. The monoisotopic (exact) mass is 375 g/mol. The molecule has 1 N–H and O–H groups in total. The molecule has 1 heterocycles. The predicted octanol–water partition coefficient (Wildman–Crippen LogP) is 3.54. The van der Waals surface area contributed by atoms with Crippen LogP contribution in [-0.2, 0) is 0 Å². The van der Waals surface area contributed by atoms with Gasteiger partial charge in [-0.25, -0.2) is 0 Å². The van der Waals surface area contributed by atoms with E-state index >= 15 is 0 Å². The van der Waals surface area contributed by atoms with Gasteiger partial charge in [0.05, 0.1) is 5.56 Å². The lowest BCUT2D eigenvalue weighted by atomic mass is 10.0. The Morgan fingerprint density at radius 2 is 2.22 bits per heavy atom. The Morgan fingerprint density at radius 3 is 2.89 bits per heavy atom. The summed E-state index contributed by atoms with van der Waals surface area (Å²) in [6.45, 7) is 0.768. The summed E-state index contributed by atoms with van der Waals surface area (Å²) in [6.07, 6.45) is 3.22. The number of carbonyl (C=O) groups is 1. The van der Waals surface area contributed by atoms with E-state index in [-0.39, 0.29) is 17.7 Å². The molecule has 0 bridgehead atoms. The van der Waals surface area contributed by atoms with Crippen molar-refractivity contribution in [3.05, 3.63) is 28.2 Å². The van der Waals surface area contributed by atoms with E-state index in [4.69, 9.17) is 0 Å². The van der Waals surface area contributed by atoms with Crippen molar-refractivity contribution in [1.29, 1.82) is 0 Å². The Morgan fingerprint density at radius 1 is 1.44 bits per heavy atom. The van der Waals surface area contributed by atoms with Crippen molar-refractivity contribution < 1.29 is 9.90 Å². The quantitative estimate of drug-likeness (QED) is 0.802. The van der Waals surface area contributed by atoms with Gasteiger partial charge in [0.1, 0.15) is 5.75 Å². The number of rotatable bonds is 2. The van der Waals surface area contributed by atoms with Crippen molar-refractivity contribution in [1.82, 2.24) is 4.90 Å². The van der Waals surface area contributed by atoms with Gasteiger partial charge in [0.25, 0.3) is 5.91 Å². The molecule has 5 heteroatoms. The first kappa shape index (κ1) is 13.9. The summed E-state index contributed by atoms with van der Waals surface area (Å²) in [7, 11) is 0. The number of aromatic hydroxyl groups is 1. The van der Waals surface area contributed by atoms with E-state index in [0.717, 1.165) is 35.6 Å². The average Bonchev–Trinajstić information content (AvgIpc) is 2.38. The van der Waals surface area contributed by atoms with Crippen LogP contribution in [0.4, 0.5) is 0 Å². The highest BCUT2D eigenvalue weighted by Crippen LogP contribution is 2.27. The zero-order valence-electron chi connectivity index (χ0n) is 9.90. The third-order valence-corrected chi connectivity index (χ3v) is 4.50. The Balaban J connectivity index is 2.24. The zero-order valence-corrected chi connectivity index (χ0v) is 13.1. The van der Waals surface area contributed by atoms with E-state index < -0.39 is 0 Å². The summed E-state index contributed by atoms with van der Waals surface area (Å²) in [6, 6.07) is 5.23. The van der Waals surface area contributed by atoms with Crippen LogP contribution in [0.5, 0.6) is 5.75 Å². The van der Waals surface area contributed by atoms with E-state index in [1.165, 1.54) is 0 Å². The molecule has 2 rings (SSSR count). The first-order valence-electron chi connectivity index (χ1n) is 5.99. The molecule has 0 aliphatic carbocycles. The van der Waals surface area contributed by atoms with Gasteiger partial charge in [0, 0.05) is 22.4 Å². The molecular formula is C13H15Br2NO2. The summed E-state index contributed by atoms with van der Waals surface area (Å²) in [5.41, 5.74) is 0.381. The van der Waals surface area contributed by atoms with Crippen LogP contribution < -0.4 is 0 Å². The van der Waals surface area contributed by atoms with Crippen molar-refractivity contribution in [3.63, 3.8) is 0 Å². The molecule has 0 spiro atoms. The van der Waals surface area contributed by atoms with E-state index in [1.807, 2.05) is 4.90 Å². The Hall–Kier alpha value is -0.550. The minimum absolute atomic E-state index is 0.0354. The number of carbonyl (C=O) groups excluding carboxylic acids is 1. The molecule has 0 radical (unpaired) electrons. The van der Waals surface area contributed by atoms with Crippen LogP contribution in [0.3, 0.4) is 0 Å². The van der Waals surface area contributed by atoms with Gasteiger partial charge < -0.3 is 10.0 Å². The van der Waals surface area contributed by atoms with Gasteiger partial charge in [-0.3, -0.25) is 4.79 Å². The number of amides is 1. The van der Waals surface area contributed by atoms with Crippen molar-refractivity contribution >= 4 is 37.8 Å². The SMILES string of the molecule is O=C(c1ccc(Br)cc1O)N1CCCCC1CBr. The maximum atomic E-state index is 12.4. The van der Waals surface area contributed by atoms with E-state index in [1.54, 1.807) is 18.2 Å². The largest absolute Gasteiger partial charge is 0.507 e. The standard InChI is InChI=1S/C13H15Br2NO2/c14-8-10-3-1-2-6-16(10)13(18)11-5-4-9(15)7-12(11)17/h4-5,7,10,17H,1-3,6,8H2. The van der Waals surface area contributed by atoms with Crippen LogP contribution >= 0.6 is 31.9 Å². The van der Waals surface area contributed by atoms with Crippen molar-refractivity contribution in [2.45, 2.75) is 25.3 Å². The lowest BCUT2D eigenvalue weighted by Gasteiger charge is -2.34. The second kappa shape index (κ2) is 6.06. The molecule has 1 aliphatic rings. The molecular weight excluding hydrogens is 362 g/mol. The number of likely N-dealkylation sites (tertiary alicyclic amines) is 1. The van der Waals surface area contributed by atoms with E-state index in [0.29, 0.717) is 5.56 Å². The number of benzene rings is 1. The van der Waals surface area contributed by atoms with Gasteiger partial charge >= 0.3 is 0 Å². The zero-order chi connectivity index (χ0) is 13.1. The van der Waals surface area contributed by atoms with Gasteiger partial charge in [-0.15, -0.1) is 0 Å². The topological polar surface area (TPSA) is 40.5 Å². The Bertz CT molecular complexity index is 451. The van der Waals surface area contributed by atoms with Crippen LogP contribution in [0.1, 0.15) is 29.6 Å². The first-order valence-corrected chi connectivity index (χ1v) is 7.90. The first-order chi connectivity index (χ1) is 8.63. The molecule has 1 aliphatic heterocycles. The van der Waals surface area contributed by atoms with E-state index in [2.05, 4.69) is 31.9 Å². The molecule has 1 aromatic rings. The molecule has 1 fully saturated rings. The number of hydrogen-bond donors (Lipinski definition) is 1. The lowest BCUT2D eigenvalue weighted by Crippen LogP contribution is -2.44. The van der Waals surface area contributed by atoms with Gasteiger partial charge in [0.15, 0.2) is 0 Å². The molecule has 98 valence electrons. The van der Waals surface area contributed by atoms with Crippen LogP contribution in [0.25, 0.3) is 0 Å². The second-order valence-electron chi connectivity index (χ2n) is 4.46. The lowest BCUT2D eigenvalue weighted by molar-refractivity contribution is 0.0639. The molecule has 18 heavy (non-hydrogen) atoms. The Labute approximate surface area is 123 Å². The summed E-state index contributed by atoms with van der Waals surface area (Å²) < 4.78 is 0.771. The smallest absolute Gasteiger partial charge is 0.257 e. The molecule has 0 aromatic heterocycles. The molecule has 1 aromatic carbocycles. The van der Waals surface area contributed by atoms with E-state index in [9.17, 15) is 9.90 Å². The number of nitrogens with zero attached hydrogens (tertiary/aromatic N) is 1. The number of phenols is 1. The molecule has 1 unspecified atom stereocenters. The van der Waals surface area contributed by atoms with Crippen molar-refractivity contribution in [3.8, 4) is 5.75 Å². The van der Waals surface area contributed by atoms with Crippen LogP contribution in [0, 0.1) is 0 Å². The highest BCUT2D eigenvalue weighted by molar-refractivity contribution is 9.10. The Kier molecular flexibility index (Phi) is 4.67. The number of hydrogen-bond acceptors (Lipinski definition) is 2. The van der Waals surface area contributed by atoms with Crippen LogP contribution in [0.2, 0.25) is 0 Å². The fourth-order valence-electron chi connectivity index (χ4n) is 2.27. The summed E-state index contributed by atoms with van der Waals surface area (Å²) in [5.74, 6) is -0.0441. The number of alkyl halides is 1. The van der Waals surface area contributed by atoms with Gasteiger partial charge in [-0.05, 0) is 37.5 Å².